The van der Waals surface area contributed by atoms with Gasteiger partial charge < -0.3 is 14.7 Å². The van der Waals surface area contributed by atoms with Crippen molar-refractivity contribution < 1.29 is 19.4 Å². The van der Waals surface area contributed by atoms with Gasteiger partial charge in [0.05, 0.1) is 13.2 Å². The fourth-order valence-electron chi connectivity index (χ4n) is 2.24. The van der Waals surface area contributed by atoms with Crippen molar-refractivity contribution in [2.24, 2.45) is 5.92 Å². The molecular weight excluding hydrogens is 222 g/mol. The minimum absolute atomic E-state index is 0.0381. The van der Waals surface area contributed by atoms with Gasteiger partial charge in [-0.25, -0.2) is 4.79 Å². The van der Waals surface area contributed by atoms with Gasteiger partial charge in [0, 0.05) is 13.0 Å². The van der Waals surface area contributed by atoms with E-state index >= 15 is 0 Å². The number of allylic oxidation sites excluding steroid dienone is 2. The maximum Gasteiger partial charge on any atom is 0.334 e. The number of hydrogen-bond acceptors (Lipinski definition) is 3. The third kappa shape index (κ3) is 3.06. The number of nitrogens with zero attached hydrogens (tertiary/aromatic N) is 1. The van der Waals surface area contributed by atoms with Crippen molar-refractivity contribution in [1.29, 1.82) is 0 Å². The largest absolute Gasteiger partial charge is 0.479 e. The van der Waals surface area contributed by atoms with Crippen LogP contribution < -0.4 is 0 Å². The molecule has 2 atom stereocenters. The number of carboxylic acid groups (broad SMARTS) is 1. The Morgan fingerprint density at radius 2 is 2.29 bits per heavy atom. The molecular formula is C12H17NO4. The van der Waals surface area contributed by atoms with E-state index in [4.69, 9.17) is 9.84 Å². The molecule has 1 aliphatic carbocycles. The molecule has 0 saturated carbocycles. The van der Waals surface area contributed by atoms with E-state index in [9.17, 15) is 9.59 Å². The molecule has 1 fully saturated rings. The van der Waals surface area contributed by atoms with Gasteiger partial charge in [0.1, 0.15) is 0 Å². The molecule has 0 bridgehead atoms. The van der Waals surface area contributed by atoms with E-state index in [1.54, 1.807) is 4.90 Å². The normalized spacial score (nSPS) is 28.4. The Labute approximate surface area is 100 Å². The van der Waals surface area contributed by atoms with Crippen LogP contribution in [0.2, 0.25) is 0 Å². The highest BCUT2D eigenvalue weighted by atomic mass is 16.5. The molecule has 2 unspecified atom stereocenters. The average molecular weight is 239 g/mol. The first-order valence-corrected chi connectivity index (χ1v) is 5.95. The molecule has 17 heavy (non-hydrogen) atoms. The van der Waals surface area contributed by atoms with Gasteiger partial charge in [-0.05, 0) is 18.8 Å². The van der Waals surface area contributed by atoms with Gasteiger partial charge in [-0.3, -0.25) is 4.79 Å². The zero-order valence-corrected chi connectivity index (χ0v) is 9.67. The second-order valence-corrected chi connectivity index (χ2v) is 4.51. The number of rotatable bonds is 3. The monoisotopic (exact) mass is 239 g/mol. The first-order chi connectivity index (χ1) is 8.16. The van der Waals surface area contributed by atoms with Crippen LogP contribution in [-0.4, -0.2) is 47.7 Å². The number of aliphatic carboxylic acids is 1. The lowest BCUT2D eigenvalue weighted by Gasteiger charge is -2.31. The van der Waals surface area contributed by atoms with Crippen LogP contribution in [0.1, 0.15) is 19.3 Å². The predicted octanol–water partition coefficient (Wildman–Crippen LogP) is 0.655. The van der Waals surface area contributed by atoms with Crippen LogP contribution in [0.25, 0.3) is 0 Å². The summed E-state index contributed by atoms with van der Waals surface area (Å²) >= 11 is 0. The minimum Gasteiger partial charge on any atom is -0.479 e. The quantitative estimate of drug-likeness (QED) is 0.734. The number of carbonyl (C=O) groups is 2. The molecule has 5 nitrogen and oxygen atoms in total. The van der Waals surface area contributed by atoms with E-state index < -0.39 is 12.1 Å². The number of morpholine rings is 1. The highest BCUT2D eigenvalue weighted by Crippen LogP contribution is 2.21. The van der Waals surface area contributed by atoms with Crippen molar-refractivity contribution in [1.82, 2.24) is 4.90 Å². The molecule has 1 heterocycles. The van der Waals surface area contributed by atoms with Crippen molar-refractivity contribution >= 4 is 11.9 Å². The van der Waals surface area contributed by atoms with Crippen LogP contribution >= 0.6 is 0 Å². The van der Waals surface area contributed by atoms with Crippen LogP contribution in [0.5, 0.6) is 0 Å². The Hall–Kier alpha value is -1.36. The molecule has 1 N–H and O–H groups in total. The van der Waals surface area contributed by atoms with E-state index in [-0.39, 0.29) is 12.5 Å². The second-order valence-electron chi connectivity index (χ2n) is 4.51. The molecule has 2 rings (SSSR count). The van der Waals surface area contributed by atoms with Crippen molar-refractivity contribution in [3.05, 3.63) is 12.2 Å². The van der Waals surface area contributed by atoms with Crippen LogP contribution in [0.15, 0.2) is 12.2 Å². The summed E-state index contributed by atoms with van der Waals surface area (Å²) in [6.45, 7) is 0.979. The molecule has 0 aromatic heterocycles. The van der Waals surface area contributed by atoms with Gasteiger partial charge >= 0.3 is 5.97 Å². The second kappa shape index (κ2) is 5.31. The first kappa shape index (κ1) is 12.1. The van der Waals surface area contributed by atoms with Gasteiger partial charge in [0.15, 0.2) is 6.10 Å². The van der Waals surface area contributed by atoms with Crippen molar-refractivity contribution in [3.8, 4) is 0 Å². The van der Waals surface area contributed by atoms with E-state index in [0.717, 1.165) is 12.8 Å². The van der Waals surface area contributed by atoms with Crippen LogP contribution in [0.3, 0.4) is 0 Å². The van der Waals surface area contributed by atoms with Gasteiger partial charge in [-0.15, -0.1) is 0 Å². The standard InChI is InChI=1S/C12H17NO4/c14-11(7-9-3-1-2-4-9)13-5-6-17-10(8-13)12(15)16/h1,3,9-10H,2,4-8H2,(H,15,16). The maximum absolute atomic E-state index is 12.0. The predicted molar refractivity (Wildman–Crippen MR) is 60.4 cm³/mol. The molecule has 2 aliphatic rings. The summed E-state index contributed by atoms with van der Waals surface area (Å²) < 4.78 is 5.08. The van der Waals surface area contributed by atoms with E-state index in [1.807, 2.05) is 0 Å². The maximum atomic E-state index is 12.0. The van der Waals surface area contributed by atoms with E-state index in [1.165, 1.54) is 0 Å². The molecule has 0 radical (unpaired) electrons. The minimum atomic E-state index is -0.997. The number of hydrogen-bond donors (Lipinski definition) is 1. The Balaban J connectivity index is 1.85. The summed E-state index contributed by atoms with van der Waals surface area (Å²) in [5, 5.41) is 8.85. The summed E-state index contributed by atoms with van der Waals surface area (Å²) in [5.74, 6) is -0.631. The van der Waals surface area contributed by atoms with Gasteiger partial charge in [-0.2, -0.15) is 0 Å². The smallest absolute Gasteiger partial charge is 0.334 e. The highest BCUT2D eigenvalue weighted by Gasteiger charge is 2.29. The number of carboxylic acids is 1. The lowest BCUT2D eigenvalue weighted by atomic mass is 10.0. The Kier molecular flexibility index (Phi) is 3.78. The lowest BCUT2D eigenvalue weighted by molar-refractivity contribution is -0.159. The molecule has 1 saturated heterocycles. The van der Waals surface area contributed by atoms with E-state index in [2.05, 4.69) is 12.2 Å². The Bertz CT molecular complexity index is 339. The van der Waals surface area contributed by atoms with Gasteiger partial charge in [0.25, 0.3) is 0 Å². The number of carbonyl (C=O) groups excluding carboxylic acids is 1. The number of ether oxygens (including phenoxy) is 1. The van der Waals surface area contributed by atoms with Gasteiger partial charge in [-0.1, -0.05) is 12.2 Å². The third-order valence-electron chi connectivity index (χ3n) is 3.24. The average Bonchev–Trinajstić information content (AvgIpc) is 2.82. The van der Waals surface area contributed by atoms with Crippen molar-refractivity contribution in [2.45, 2.75) is 25.4 Å². The van der Waals surface area contributed by atoms with Crippen molar-refractivity contribution in [3.63, 3.8) is 0 Å². The Morgan fingerprint density at radius 3 is 2.94 bits per heavy atom. The topological polar surface area (TPSA) is 66.8 Å². The molecule has 0 aromatic carbocycles. The molecule has 1 amide bonds. The summed E-state index contributed by atoms with van der Waals surface area (Å²) in [4.78, 5) is 24.4. The van der Waals surface area contributed by atoms with Crippen LogP contribution in [-0.2, 0) is 14.3 Å². The zero-order chi connectivity index (χ0) is 12.3. The SMILES string of the molecule is O=C(O)C1CN(C(=O)CC2C=CCC2)CCO1. The first-order valence-electron chi connectivity index (χ1n) is 5.95. The van der Waals surface area contributed by atoms with Gasteiger partial charge in [0.2, 0.25) is 5.91 Å². The lowest BCUT2D eigenvalue weighted by Crippen LogP contribution is -2.48. The van der Waals surface area contributed by atoms with Crippen molar-refractivity contribution in [2.75, 3.05) is 19.7 Å². The molecule has 94 valence electrons. The Morgan fingerprint density at radius 1 is 1.47 bits per heavy atom. The number of amides is 1. The fourth-order valence-corrected chi connectivity index (χ4v) is 2.24. The fraction of sp³-hybridized carbons (Fsp3) is 0.667. The van der Waals surface area contributed by atoms with E-state index in [0.29, 0.717) is 25.5 Å². The molecule has 1 aliphatic heterocycles. The van der Waals surface area contributed by atoms with Crippen LogP contribution in [0.4, 0.5) is 0 Å². The molecule has 0 aromatic rings. The summed E-state index contributed by atoms with van der Waals surface area (Å²) in [7, 11) is 0. The molecule has 0 spiro atoms. The summed E-state index contributed by atoms with van der Waals surface area (Å²) in [6, 6.07) is 0. The third-order valence-corrected chi connectivity index (χ3v) is 3.24. The summed E-state index contributed by atoms with van der Waals surface area (Å²) in [6.07, 6.45) is 5.86. The zero-order valence-electron chi connectivity index (χ0n) is 9.67. The summed E-state index contributed by atoms with van der Waals surface area (Å²) in [5.41, 5.74) is 0. The van der Waals surface area contributed by atoms with Crippen LogP contribution in [0, 0.1) is 5.92 Å². The molecule has 5 heteroatoms. The highest BCUT2D eigenvalue weighted by molar-refractivity contribution is 5.79.